The highest BCUT2D eigenvalue weighted by atomic mass is 35.5. The Morgan fingerprint density at radius 2 is 1.70 bits per heavy atom. The molecule has 0 aromatic heterocycles. The van der Waals surface area contributed by atoms with Crippen molar-refractivity contribution in [3.63, 3.8) is 0 Å². The molecule has 2 N–H and O–H groups in total. The van der Waals surface area contributed by atoms with Crippen molar-refractivity contribution in [1.29, 1.82) is 0 Å². The van der Waals surface area contributed by atoms with E-state index in [9.17, 15) is 4.79 Å². The van der Waals surface area contributed by atoms with Gasteiger partial charge < -0.3 is 5.73 Å². The van der Waals surface area contributed by atoms with Crippen molar-refractivity contribution in [2.24, 2.45) is 0 Å². The Balaban J connectivity index is 2.02. The first-order valence-corrected chi connectivity index (χ1v) is 7.15. The standard InChI is InChI=1S/C16H13Cl2NO/c17-13-3-1-2-12(14(13)18)15(20)16(8-9-16)10-4-6-11(19)7-5-10/h1-7H,8-9,19H2. The van der Waals surface area contributed by atoms with Gasteiger partial charge in [0, 0.05) is 11.3 Å². The summed E-state index contributed by atoms with van der Waals surface area (Å²) >= 11 is 12.2. The van der Waals surface area contributed by atoms with E-state index in [4.69, 9.17) is 28.9 Å². The Kier molecular flexibility index (Phi) is 3.23. The number of rotatable bonds is 3. The van der Waals surface area contributed by atoms with Crippen LogP contribution in [0.25, 0.3) is 0 Å². The summed E-state index contributed by atoms with van der Waals surface area (Å²) in [6.45, 7) is 0. The first kappa shape index (κ1) is 13.5. The third-order valence-electron chi connectivity index (χ3n) is 3.84. The number of nitrogen functional groups attached to an aromatic ring is 1. The van der Waals surface area contributed by atoms with Crippen LogP contribution in [0, 0.1) is 0 Å². The van der Waals surface area contributed by atoms with Crippen LogP contribution >= 0.6 is 23.2 Å². The molecule has 0 atom stereocenters. The van der Waals surface area contributed by atoms with Gasteiger partial charge in [-0.3, -0.25) is 4.79 Å². The zero-order valence-corrected chi connectivity index (χ0v) is 12.2. The molecule has 2 aromatic carbocycles. The second-order valence-corrected chi connectivity index (χ2v) is 5.92. The molecule has 0 heterocycles. The van der Waals surface area contributed by atoms with Gasteiger partial charge >= 0.3 is 0 Å². The molecule has 0 saturated heterocycles. The summed E-state index contributed by atoms with van der Waals surface area (Å²) in [5.41, 5.74) is 7.42. The Labute approximate surface area is 127 Å². The van der Waals surface area contributed by atoms with Crippen LogP contribution in [0.15, 0.2) is 42.5 Å². The van der Waals surface area contributed by atoms with Gasteiger partial charge in [0.15, 0.2) is 5.78 Å². The minimum atomic E-state index is -0.456. The third-order valence-corrected chi connectivity index (χ3v) is 4.66. The topological polar surface area (TPSA) is 43.1 Å². The van der Waals surface area contributed by atoms with Crippen LogP contribution in [0.1, 0.15) is 28.8 Å². The molecule has 3 rings (SSSR count). The number of ketones is 1. The molecule has 1 fully saturated rings. The number of benzene rings is 2. The lowest BCUT2D eigenvalue weighted by molar-refractivity contribution is 0.0946. The van der Waals surface area contributed by atoms with Gasteiger partial charge in [-0.25, -0.2) is 0 Å². The van der Waals surface area contributed by atoms with E-state index in [1.807, 2.05) is 24.3 Å². The van der Waals surface area contributed by atoms with Crippen molar-refractivity contribution in [2.45, 2.75) is 18.3 Å². The predicted octanol–water partition coefficient (Wildman–Crippen LogP) is 4.49. The van der Waals surface area contributed by atoms with Crippen LogP contribution in [-0.2, 0) is 5.41 Å². The highest BCUT2D eigenvalue weighted by Crippen LogP contribution is 2.51. The van der Waals surface area contributed by atoms with Crippen molar-refractivity contribution in [3.05, 3.63) is 63.6 Å². The van der Waals surface area contributed by atoms with Crippen molar-refractivity contribution >= 4 is 34.7 Å². The van der Waals surface area contributed by atoms with E-state index in [1.54, 1.807) is 18.2 Å². The number of hydrogen-bond donors (Lipinski definition) is 1. The Bertz CT molecular complexity index is 675. The minimum Gasteiger partial charge on any atom is -0.399 e. The summed E-state index contributed by atoms with van der Waals surface area (Å²) in [6, 6.07) is 12.6. The predicted molar refractivity (Wildman–Crippen MR) is 82.6 cm³/mol. The lowest BCUT2D eigenvalue weighted by atomic mass is 9.87. The molecule has 0 aliphatic heterocycles. The first-order valence-electron chi connectivity index (χ1n) is 6.39. The normalized spacial score (nSPS) is 15.9. The summed E-state index contributed by atoms with van der Waals surface area (Å²) in [6.07, 6.45) is 1.66. The number of carbonyl (C=O) groups excluding carboxylic acids is 1. The molecular formula is C16H13Cl2NO. The largest absolute Gasteiger partial charge is 0.399 e. The quantitative estimate of drug-likeness (QED) is 0.670. The Morgan fingerprint density at radius 1 is 1.05 bits per heavy atom. The van der Waals surface area contributed by atoms with E-state index in [2.05, 4.69) is 0 Å². The monoisotopic (exact) mass is 305 g/mol. The van der Waals surface area contributed by atoms with Gasteiger partial charge in [-0.15, -0.1) is 0 Å². The maximum atomic E-state index is 12.8. The molecule has 0 radical (unpaired) electrons. The molecule has 1 saturated carbocycles. The van der Waals surface area contributed by atoms with Crippen molar-refractivity contribution in [1.82, 2.24) is 0 Å². The fraction of sp³-hybridized carbons (Fsp3) is 0.188. The third kappa shape index (κ3) is 2.09. The summed E-state index contributed by atoms with van der Waals surface area (Å²) in [5.74, 6) is 0.0368. The van der Waals surface area contributed by atoms with Crippen LogP contribution in [0.5, 0.6) is 0 Å². The number of carbonyl (C=O) groups is 1. The first-order chi connectivity index (χ1) is 9.54. The lowest BCUT2D eigenvalue weighted by Crippen LogP contribution is -2.21. The van der Waals surface area contributed by atoms with E-state index in [0.29, 0.717) is 21.3 Å². The zero-order valence-electron chi connectivity index (χ0n) is 10.7. The summed E-state index contributed by atoms with van der Waals surface area (Å²) in [7, 11) is 0. The molecule has 4 heteroatoms. The van der Waals surface area contributed by atoms with Gasteiger partial charge in [-0.2, -0.15) is 0 Å². The average molecular weight is 306 g/mol. The molecular weight excluding hydrogens is 293 g/mol. The average Bonchev–Trinajstić information content (AvgIpc) is 3.23. The van der Waals surface area contributed by atoms with Crippen LogP contribution in [-0.4, -0.2) is 5.78 Å². The van der Waals surface area contributed by atoms with Gasteiger partial charge in [-0.05, 0) is 42.7 Å². The minimum absolute atomic E-state index is 0.0368. The van der Waals surface area contributed by atoms with E-state index in [0.717, 1.165) is 18.4 Å². The molecule has 0 unspecified atom stereocenters. The molecule has 1 aliphatic rings. The van der Waals surface area contributed by atoms with Crippen molar-refractivity contribution < 1.29 is 4.79 Å². The van der Waals surface area contributed by atoms with Crippen molar-refractivity contribution in [2.75, 3.05) is 5.73 Å². The highest BCUT2D eigenvalue weighted by Gasteiger charge is 2.51. The van der Waals surface area contributed by atoms with E-state index in [1.165, 1.54) is 0 Å². The number of anilines is 1. The van der Waals surface area contributed by atoms with Gasteiger partial charge in [-0.1, -0.05) is 41.4 Å². The van der Waals surface area contributed by atoms with Crippen LogP contribution in [0.4, 0.5) is 5.69 Å². The van der Waals surface area contributed by atoms with Gasteiger partial charge in [0.25, 0.3) is 0 Å². The summed E-state index contributed by atoms with van der Waals surface area (Å²) < 4.78 is 0. The molecule has 2 nitrogen and oxygen atoms in total. The summed E-state index contributed by atoms with van der Waals surface area (Å²) in [4.78, 5) is 12.8. The Hall–Kier alpha value is -1.51. The Morgan fingerprint density at radius 3 is 2.30 bits per heavy atom. The number of hydrogen-bond acceptors (Lipinski definition) is 2. The second-order valence-electron chi connectivity index (χ2n) is 5.13. The molecule has 0 amide bonds. The molecule has 0 spiro atoms. The van der Waals surface area contributed by atoms with Crippen LogP contribution in [0.2, 0.25) is 10.0 Å². The zero-order chi connectivity index (χ0) is 14.3. The van der Waals surface area contributed by atoms with Crippen LogP contribution in [0.3, 0.4) is 0 Å². The molecule has 1 aliphatic carbocycles. The SMILES string of the molecule is Nc1ccc(C2(C(=O)c3cccc(Cl)c3Cl)CC2)cc1. The molecule has 2 aromatic rings. The number of nitrogens with two attached hydrogens (primary N) is 1. The van der Waals surface area contributed by atoms with E-state index < -0.39 is 5.41 Å². The molecule has 102 valence electrons. The smallest absolute Gasteiger partial charge is 0.174 e. The van der Waals surface area contributed by atoms with E-state index >= 15 is 0 Å². The lowest BCUT2D eigenvalue weighted by Gasteiger charge is -2.16. The van der Waals surface area contributed by atoms with Gasteiger partial charge in [0.1, 0.15) is 0 Å². The van der Waals surface area contributed by atoms with Gasteiger partial charge in [0.2, 0.25) is 0 Å². The van der Waals surface area contributed by atoms with E-state index in [-0.39, 0.29) is 5.78 Å². The van der Waals surface area contributed by atoms with Crippen LogP contribution < -0.4 is 5.73 Å². The fourth-order valence-corrected chi connectivity index (χ4v) is 2.90. The maximum Gasteiger partial charge on any atom is 0.174 e. The second kappa shape index (κ2) is 4.80. The van der Waals surface area contributed by atoms with Crippen molar-refractivity contribution in [3.8, 4) is 0 Å². The number of Topliss-reactive ketones (excluding diaryl/α,β-unsaturated/α-hetero) is 1. The molecule has 20 heavy (non-hydrogen) atoms. The fourth-order valence-electron chi connectivity index (χ4n) is 2.51. The summed E-state index contributed by atoms with van der Waals surface area (Å²) in [5, 5.41) is 0.742. The highest BCUT2D eigenvalue weighted by molar-refractivity contribution is 6.44. The maximum absolute atomic E-state index is 12.8. The molecule has 0 bridgehead atoms. The number of halogens is 2. The van der Waals surface area contributed by atoms with Gasteiger partial charge in [0.05, 0.1) is 15.5 Å².